The average Bonchev–Trinajstić information content (AvgIpc) is 2.76. The Bertz CT molecular complexity index is 590. The molecule has 0 aliphatic rings. The van der Waals surface area contributed by atoms with Crippen LogP contribution >= 0.6 is 0 Å². The molecule has 0 amide bonds. The Hall–Kier alpha value is -2.24. The third kappa shape index (κ3) is 2.78. The number of hydrogen-bond acceptors (Lipinski definition) is 3. The zero-order valence-electron chi connectivity index (χ0n) is 10.7. The van der Waals surface area contributed by atoms with Crippen LogP contribution in [0.5, 0.6) is 0 Å². The first-order valence-corrected chi connectivity index (χ1v) is 5.90. The van der Waals surface area contributed by atoms with Crippen molar-refractivity contribution in [3.8, 4) is 0 Å². The van der Waals surface area contributed by atoms with E-state index in [1.54, 1.807) is 16.8 Å². The fourth-order valence-corrected chi connectivity index (χ4v) is 1.92. The fourth-order valence-electron chi connectivity index (χ4n) is 1.92. The molecule has 5 nitrogen and oxygen atoms in total. The normalized spacial score (nSPS) is 10.9. The number of hydrogen-bond donors (Lipinski definition) is 1. The van der Waals surface area contributed by atoms with Crippen LogP contribution in [0, 0.1) is 5.82 Å². The van der Waals surface area contributed by atoms with Gasteiger partial charge >= 0.3 is 5.97 Å². The number of benzene rings is 1. The van der Waals surface area contributed by atoms with Crippen molar-refractivity contribution in [2.75, 3.05) is 0 Å². The summed E-state index contributed by atoms with van der Waals surface area (Å²) in [6, 6.07) is 6.00. The summed E-state index contributed by atoms with van der Waals surface area (Å²) in [5.41, 5.74) is 1.37. The zero-order valence-corrected chi connectivity index (χ0v) is 10.7. The predicted octanol–water partition coefficient (Wildman–Crippen LogP) is 2.29. The Morgan fingerprint density at radius 1 is 1.37 bits per heavy atom. The van der Waals surface area contributed by atoms with E-state index in [0.29, 0.717) is 12.2 Å². The molecule has 6 heteroatoms. The molecular weight excluding hydrogens is 249 g/mol. The Kier molecular flexibility index (Phi) is 3.59. The molecular formula is C13H14FN3O2. The van der Waals surface area contributed by atoms with Gasteiger partial charge in [-0.05, 0) is 23.6 Å². The molecule has 0 saturated heterocycles. The summed E-state index contributed by atoms with van der Waals surface area (Å²) in [6.45, 7) is 4.13. The summed E-state index contributed by atoms with van der Waals surface area (Å²) in [6.07, 6.45) is 0. The first-order valence-electron chi connectivity index (χ1n) is 5.90. The lowest BCUT2D eigenvalue weighted by Crippen LogP contribution is -2.10. The van der Waals surface area contributed by atoms with Gasteiger partial charge < -0.3 is 5.11 Å². The van der Waals surface area contributed by atoms with Crippen molar-refractivity contribution in [3.63, 3.8) is 0 Å². The van der Waals surface area contributed by atoms with Gasteiger partial charge in [-0.25, -0.2) is 13.9 Å². The number of carboxylic acids is 1. The molecule has 0 saturated carbocycles. The van der Waals surface area contributed by atoms with Gasteiger partial charge in [0.1, 0.15) is 5.82 Å². The number of carbonyl (C=O) groups is 1. The van der Waals surface area contributed by atoms with Gasteiger partial charge in [0.15, 0.2) is 5.69 Å². The Morgan fingerprint density at radius 2 is 2.00 bits per heavy atom. The van der Waals surface area contributed by atoms with Crippen LogP contribution in [-0.2, 0) is 6.54 Å². The van der Waals surface area contributed by atoms with Crippen molar-refractivity contribution in [2.24, 2.45) is 0 Å². The van der Waals surface area contributed by atoms with Gasteiger partial charge in [-0.2, -0.15) is 0 Å². The second-order valence-corrected chi connectivity index (χ2v) is 4.57. The van der Waals surface area contributed by atoms with Crippen molar-refractivity contribution in [1.29, 1.82) is 0 Å². The molecule has 0 aliphatic heterocycles. The van der Waals surface area contributed by atoms with Crippen LogP contribution in [-0.4, -0.2) is 26.1 Å². The van der Waals surface area contributed by atoms with Gasteiger partial charge in [0.25, 0.3) is 0 Å². The highest BCUT2D eigenvalue weighted by Crippen LogP contribution is 2.18. The van der Waals surface area contributed by atoms with Gasteiger partial charge in [-0.3, -0.25) is 0 Å². The molecule has 0 unspecified atom stereocenters. The van der Waals surface area contributed by atoms with Gasteiger partial charge in [-0.1, -0.05) is 31.2 Å². The number of carboxylic acid groups (broad SMARTS) is 1. The monoisotopic (exact) mass is 263 g/mol. The molecule has 2 aromatic rings. The number of halogens is 1. The van der Waals surface area contributed by atoms with Gasteiger partial charge in [0.2, 0.25) is 0 Å². The van der Waals surface area contributed by atoms with Crippen molar-refractivity contribution in [2.45, 2.75) is 26.3 Å². The minimum Gasteiger partial charge on any atom is -0.476 e. The van der Waals surface area contributed by atoms with E-state index in [1.165, 1.54) is 12.1 Å². The van der Waals surface area contributed by atoms with Crippen molar-refractivity contribution in [3.05, 3.63) is 47.0 Å². The summed E-state index contributed by atoms with van der Waals surface area (Å²) in [5.74, 6) is -1.41. The highest BCUT2D eigenvalue weighted by molar-refractivity contribution is 5.86. The molecule has 2 rings (SSSR count). The third-order valence-corrected chi connectivity index (χ3v) is 2.77. The lowest BCUT2D eigenvalue weighted by molar-refractivity contribution is 0.0688. The van der Waals surface area contributed by atoms with Crippen LogP contribution in [0.25, 0.3) is 0 Å². The van der Waals surface area contributed by atoms with Crippen molar-refractivity contribution in [1.82, 2.24) is 15.0 Å². The molecule has 0 spiro atoms. The molecule has 0 atom stereocenters. The molecule has 1 N–H and O–H groups in total. The van der Waals surface area contributed by atoms with Gasteiger partial charge in [-0.15, -0.1) is 5.10 Å². The van der Waals surface area contributed by atoms with Crippen LogP contribution in [0.3, 0.4) is 0 Å². The van der Waals surface area contributed by atoms with Crippen LogP contribution in [0.4, 0.5) is 4.39 Å². The molecule has 100 valence electrons. The SMILES string of the molecule is CC(C)c1c(C(=O)O)nnn1Cc1ccc(F)cc1. The fraction of sp³-hybridized carbons (Fsp3) is 0.308. The highest BCUT2D eigenvalue weighted by atomic mass is 19.1. The first-order chi connectivity index (χ1) is 8.99. The number of aromatic carboxylic acids is 1. The lowest BCUT2D eigenvalue weighted by Gasteiger charge is -2.09. The van der Waals surface area contributed by atoms with Crippen LogP contribution < -0.4 is 0 Å². The summed E-state index contributed by atoms with van der Waals surface area (Å²) in [5, 5.41) is 16.6. The maximum absolute atomic E-state index is 12.8. The minimum atomic E-state index is -1.09. The van der Waals surface area contributed by atoms with E-state index in [-0.39, 0.29) is 17.4 Å². The minimum absolute atomic E-state index is 0.0125. The second-order valence-electron chi connectivity index (χ2n) is 4.57. The summed E-state index contributed by atoms with van der Waals surface area (Å²) >= 11 is 0. The number of rotatable bonds is 4. The first kappa shape index (κ1) is 13.2. The molecule has 1 heterocycles. The van der Waals surface area contributed by atoms with E-state index in [9.17, 15) is 9.18 Å². The standard InChI is InChI=1S/C13H14FN3O2/c1-8(2)12-11(13(18)19)15-16-17(12)7-9-3-5-10(14)6-4-9/h3-6,8H,7H2,1-2H3,(H,18,19). The van der Waals surface area contributed by atoms with Crippen LogP contribution in [0.15, 0.2) is 24.3 Å². The molecule has 1 aromatic carbocycles. The zero-order chi connectivity index (χ0) is 14.0. The Balaban J connectivity index is 2.35. The Morgan fingerprint density at radius 3 is 2.53 bits per heavy atom. The quantitative estimate of drug-likeness (QED) is 0.918. The number of aromatic nitrogens is 3. The third-order valence-electron chi connectivity index (χ3n) is 2.77. The van der Waals surface area contributed by atoms with Crippen molar-refractivity contribution < 1.29 is 14.3 Å². The van der Waals surface area contributed by atoms with Crippen LogP contribution in [0.2, 0.25) is 0 Å². The average molecular weight is 263 g/mol. The van der Waals surface area contributed by atoms with E-state index >= 15 is 0 Å². The van der Waals surface area contributed by atoms with E-state index in [2.05, 4.69) is 10.3 Å². The maximum Gasteiger partial charge on any atom is 0.358 e. The molecule has 0 bridgehead atoms. The molecule has 0 fully saturated rings. The summed E-state index contributed by atoms with van der Waals surface area (Å²) in [4.78, 5) is 11.1. The van der Waals surface area contributed by atoms with E-state index in [1.807, 2.05) is 13.8 Å². The topological polar surface area (TPSA) is 68.0 Å². The van der Waals surface area contributed by atoms with Gasteiger partial charge in [0.05, 0.1) is 12.2 Å². The van der Waals surface area contributed by atoms with E-state index in [0.717, 1.165) is 5.56 Å². The molecule has 0 aliphatic carbocycles. The van der Waals surface area contributed by atoms with E-state index in [4.69, 9.17) is 5.11 Å². The molecule has 19 heavy (non-hydrogen) atoms. The van der Waals surface area contributed by atoms with Gasteiger partial charge in [0, 0.05) is 0 Å². The Labute approximate surface area is 109 Å². The smallest absolute Gasteiger partial charge is 0.358 e. The lowest BCUT2D eigenvalue weighted by atomic mass is 10.1. The molecule has 0 radical (unpaired) electrons. The molecule has 1 aromatic heterocycles. The predicted molar refractivity (Wildman–Crippen MR) is 66.6 cm³/mol. The van der Waals surface area contributed by atoms with Crippen LogP contribution in [0.1, 0.15) is 41.5 Å². The second kappa shape index (κ2) is 5.17. The largest absolute Gasteiger partial charge is 0.476 e. The number of nitrogens with zero attached hydrogens (tertiary/aromatic N) is 3. The van der Waals surface area contributed by atoms with E-state index < -0.39 is 5.97 Å². The van der Waals surface area contributed by atoms with Crippen molar-refractivity contribution >= 4 is 5.97 Å². The summed E-state index contributed by atoms with van der Waals surface area (Å²) in [7, 11) is 0. The summed E-state index contributed by atoms with van der Waals surface area (Å²) < 4.78 is 14.4. The maximum atomic E-state index is 12.8. The highest BCUT2D eigenvalue weighted by Gasteiger charge is 2.21.